The van der Waals surface area contributed by atoms with Crippen LogP contribution in [0.1, 0.15) is 30.1 Å². The van der Waals surface area contributed by atoms with Crippen LogP contribution in [0.25, 0.3) is 0 Å². The van der Waals surface area contributed by atoms with Gasteiger partial charge in [0, 0.05) is 12.0 Å². The molecule has 5 nitrogen and oxygen atoms in total. The Kier molecular flexibility index (Phi) is 4.90. The minimum absolute atomic E-state index is 0.0211. The molecule has 1 aliphatic heterocycles. The predicted molar refractivity (Wildman–Crippen MR) is 76.6 cm³/mol. The smallest absolute Gasteiger partial charge is 0.340 e. The van der Waals surface area contributed by atoms with Gasteiger partial charge in [0.15, 0.2) is 0 Å². The van der Waals surface area contributed by atoms with Gasteiger partial charge in [0.2, 0.25) is 5.91 Å². The zero-order valence-electron chi connectivity index (χ0n) is 12.1. The van der Waals surface area contributed by atoms with Gasteiger partial charge in [-0.3, -0.25) is 4.79 Å². The van der Waals surface area contributed by atoms with Crippen LogP contribution in [-0.2, 0) is 9.53 Å². The van der Waals surface area contributed by atoms with E-state index in [-0.39, 0.29) is 29.1 Å². The van der Waals surface area contributed by atoms with Crippen LogP contribution in [0.2, 0.25) is 0 Å². The molecule has 2 N–H and O–H groups in total. The minimum atomic E-state index is -0.677. The van der Waals surface area contributed by atoms with Gasteiger partial charge in [-0.05, 0) is 44.5 Å². The number of benzene rings is 1. The monoisotopic (exact) mass is 294 g/mol. The Balaban J connectivity index is 2.15. The van der Waals surface area contributed by atoms with E-state index < -0.39 is 11.8 Å². The van der Waals surface area contributed by atoms with Gasteiger partial charge in [-0.25, -0.2) is 9.18 Å². The second kappa shape index (κ2) is 6.67. The maximum Gasteiger partial charge on any atom is 0.340 e. The van der Waals surface area contributed by atoms with E-state index in [9.17, 15) is 14.0 Å². The molecule has 1 aromatic rings. The van der Waals surface area contributed by atoms with Gasteiger partial charge >= 0.3 is 5.97 Å². The summed E-state index contributed by atoms with van der Waals surface area (Å²) in [5.41, 5.74) is 0.298. The van der Waals surface area contributed by atoms with Gasteiger partial charge in [0.25, 0.3) is 0 Å². The summed E-state index contributed by atoms with van der Waals surface area (Å²) in [7, 11) is 1.22. The largest absolute Gasteiger partial charge is 0.465 e. The van der Waals surface area contributed by atoms with Crippen molar-refractivity contribution in [1.29, 1.82) is 0 Å². The summed E-state index contributed by atoms with van der Waals surface area (Å²) in [6, 6.07) is 3.92. The molecule has 0 saturated carbocycles. The molecule has 0 aliphatic carbocycles. The molecule has 0 radical (unpaired) electrons. The number of amides is 1. The Hall–Kier alpha value is -1.95. The Morgan fingerprint density at radius 3 is 2.86 bits per heavy atom. The van der Waals surface area contributed by atoms with Crippen LogP contribution in [0, 0.1) is 11.7 Å². The first kappa shape index (κ1) is 15.4. The third kappa shape index (κ3) is 3.78. The third-order valence-electron chi connectivity index (χ3n) is 3.64. The van der Waals surface area contributed by atoms with Gasteiger partial charge in [-0.2, -0.15) is 0 Å². The standard InChI is InChI=1S/C15H19FN2O3/c1-9-7-10(5-6-17-9)14(19)18-13-4-3-11(16)8-12(13)15(20)21-2/h3-4,8-10,17H,5-7H2,1-2H3,(H,18,19). The average Bonchev–Trinajstić information content (AvgIpc) is 2.48. The summed E-state index contributed by atoms with van der Waals surface area (Å²) in [4.78, 5) is 23.9. The number of rotatable bonds is 3. The number of halogens is 1. The van der Waals surface area contributed by atoms with Crippen LogP contribution in [0.15, 0.2) is 18.2 Å². The van der Waals surface area contributed by atoms with E-state index in [1.165, 1.54) is 19.2 Å². The second-order valence-electron chi connectivity index (χ2n) is 5.25. The summed E-state index contributed by atoms with van der Waals surface area (Å²) in [5, 5.41) is 5.98. The predicted octanol–water partition coefficient (Wildman–Crippen LogP) is 1.94. The molecule has 1 amide bonds. The average molecular weight is 294 g/mol. The van der Waals surface area contributed by atoms with Gasteiger partial charge in [-0.15, -0.1) is 0 Å². The highest BCUT2D eigenvalue weighted by molar-refractivity contribution is 6.01. The molecule has 0 bridgehead atoms. The number of piperidine rings is 1. The fourth-order valence-electron chi connectivity index (χ4n) is 2.51. The third-order valence-corrected chi connectivity index (χ3v) is 3.64. The molecule has 0 spiro atoms. The van der Waals surface area contributed by atoms with Crippen molar-refractivity contribution in [2.24, 2.45) is 5.92 Å². The minimum Gasteiger partial charge on any atom is -0.465 e. The molecule has 1 saturated heterocycles. The highest BCUT2D eigenvalue weighted by Gasteiger charge is 2.26. The summed E-state index contributed by atoms with van der Waals surface area (Å²) in [5.74, 6) is -1.50. The molecule has 114 valence electrons. The lowest BCUT2D eigenvalue weighted by Crippen LogP contribution is -2.40. The molecule has 6 heteroatoms. The molecule has 0 aromatic heterocycles. The van der Waals surface area contributed by atoms with Gasteiger partial charge in [0.1, 0.15) is 5.82 Å². The number of carbonyl (C=O) groups excluding carboxylic acids is 2. The van der Waals surface area contributed by atoms with Crippen molar-refractivity contribution >= 4 is 17.6 Å². The van der Waals surface area contributed by atoms with Crippen molar-refractivity contribution in [3.8, 4) is 0 Å². The number of ether oxygens (including phenoxy) is 1. The molecule has 21 heavy (non-hydrogen) atoms. The molecule has 1 fully saturated rings. The lowest BCUT2D eigenvalue weighted by Gasteiger charge is -2.27. The summed E-state index contributed by atoms with van der Waals surface area (Å²) < 4.78 is 17.9. The maximum atomic E-state index is 13.3. The molecule has 2 atom stereocenters. The number of anilines is 1. The van der Waals surface area contributed by atoms with E-state index in [0.717, 1.165) is 25.5 Å². The summed E-state index contributed by atoms with van der Waals surface area (Å²) in [6.07, 6.45) is 1.48. The van der Waals surface area contributed by atoms with Gasteiger partial charge in [-0.1, -0.05) is 0 Å². The Bertz CT molecular complexity index is 548. The molecular formula is C15H19FN2O3. The van der Waals surface area contributed by atoms with Crippen LogP contribution in [0.3, 0.4) is 0 Å². The first-order valence-electron chi connectivity index (χ1n) is 6.93. The van der Waals surface area contributed by atoms with Crippen LogP contribution in [0.5, 0.6) is 0 Å². The Labute approximate surface area is 122 Å². The van der Waals surface area contributed by atoms with Crippen molar-refractivity contribution in [1.82, 2.24) is 5.32 Å². The molecule has 1 aromatic carbocycles. The first-order chi connectivity index (χ1) is 10.0. The number of hydrogen-bond acceptors (Lipinski definition) is 4. The quantitative estimate of drug-likeness (QED) is 0.836. The number of hydrogen-bond donors (Lipinski definition) is 2. The molecule has 2 unspecified atom stereocenters. The Morgan fingerprint density at radius 1 is 1.43 bits per heavy atom. The SMILES string of the molecule is COC(=O)c1cc(F)ccc1NC(=O)C1CCNC(C)C1. The first-order valence-corrected chi connectivity index (χ1v) is 6.93. The fraction of sp³-hybridized carbons (Fsp3) is 0.467. The number of methoxy groups -OCH3 is 1. The van der Waals surface area contributed by atoms with E-state index in [4.69, 9.17) is 0 Å². The van der Waals surface area contributed by atoms with E-state index in [1.54, 1.807) is 0 Å². The van der Waals surface area contributed by atoms with Gasteiger partial charge < -0.3 is 15.4 Å². The molecule has 2 rings (SSSR count). The number of esters is 1. The van der Waals surface area contributed by atoms with E-state index >= 15 is 0 Å². The van der Waals surface area contributed by atoms with Crippen LogP contribution in [0.4, 0.5) is 10.1 Å². The van der Waals surface area contributed by atoms with Crippen molar-refractivity contribution in [3.63, 3.8) is 0 Å². The van der Waals surface area contributed by atoms with Crippen LogP contribution in [-0.4, -0.2) is 31.6 Å². The molecule has 1 aliphatic rings. The normalized spacial score (nSPS) is 21.7. The summed E-state index contributed by atoms with van der Waals surface area (Å²) >= 11 is 0. The lowest BCUT2D eigenvalue weighted by molar-refractivity contribution is -0.120. The number of carbonyl (C=O) groups is 2. The van der Waals surface area contributed by atoms with Crippen molar-refractivity contribution < 1.29 is 18.7 Å². The number of nitrogens with one attached hydrogen (secondary N) is 2. The zero-order valence-corrected chi connectivity index (χ0v) is 12.1. The zero-order chi connectivity index (χ0) is 15.4. The van der Waals surface area contributed by atoms with Crippen LogP contribution < -0.4 is 10.6 Å². The van der Waals surface area contributed by atoms with Crippen molar-refractivity contribution in [3.05, 3.63) is 29.6 Å². The van der Waals surface area contributed by atoms with Gasteiger partial charge in [0.05, 0.1) is 18.4 Å². The molecule has 1 heterocycles. The highest BCUT2D eigenvalue weighted by atomic mass is 19.1. The van der Waals surface area contributed by atoms with E-state index in [1.807, 2.05) is 6.92 Å². The maximum absolute atomic E-state index is 13.3. The second-order valence-corrected chi connectivity index (χ2v) is 5.25. The van der Waals surface area contributed by atoms with Crippen molar-refractivity contribution in [2.45, 2.75) is 25.8 Å². The molecular weight excluding hydrogens is 275 g/mol. The van der Waals surface area contributed by atoms with Crippen LogP contribution >= 0.6 is 0 Å². The fourth-order valence-corrected chi connectivity index (χ4v) is 2.51. The topological polar surface area (TPSA) is 67.4 Å². The van der Waals surface area contributed by atoms with E-state index in [0.29, 0.717) is 0 Å². The summed E-state index contributed by atoms with van der Waals surface area (Å²) in [6.45, 7) is 2.81. The highest BCUT2D eigenvalue weighted by Crippen LogP contribution is 2.22. The lowest BCUT2D eigenvalue weighted by atomic mass is 9.92. The van der Waals surface area contributed by atoms with E-state index in [2.05, 4.69) is 15.4 Å². The Morgan fingerprint density at radius 2 is 2.19 bits per heavy atom. The van der Waals surface area contributed by atoms with Crippen molar-refractivity contribution in [2.75, 3.05) is 19.0 Å².